The van der Waals surface area contributed by atoms with Crippen LogP contribution in [0.15, 0.2) is 0 Å². The SMILES string of the molecule is CC[C@H](C)O[C@H](CO)CN(CC)S(C)(=O)=O. The van der Waals surface area contributed by atoms with E-state index in [0.29, 0.717) is 6.54 Å². The Kier molecular flexibility index (Phi) is 7.14. The summed E-state index contributed by atoms with van der Waals surface area (Å²) in [6.07, 6.45) is 1.57. The smallest absolute Gasteiger partial charge is 0.211 e. The van der Waals surface area contributed by atoms with Gasteiger partial charge in [-0.1, -0.05) is 13.8 Å². The molecular formula is C10H23NO4S. The molecule has 0 radical (unpaired) electrons. The second-order valence-electron chi connectivity index (χ2n) is 3.87. The Morgan fingerprint density at radius 3 is 2.25 bits per heavy atom. The molecule has 1 N–H and O–H groups in total. The summed E-state index contributed by atoms with van der Waals surface area (Å²) in [5.41, 5.74) is 0. The van der Waals surface area contributed by atoms with Gasteiger partial charge in [0.25, 0.3) is 0 Å². The van der Waals surface area contributed by atoms with Gasteiger partial charge in [0.1, 0.15) is 0 Å². The summed E-state index contributed by atoms with van der Waals surface area (Å²) in [6, 6.07) is 0. The van der Waals surface area contributed by atoms with Crippen molar-refractivity contribution in [2.45, 2.75) is 39.4 Å². The van der Waals surface area contributed by atoms with Gasteiger partial charge in [-0.2, -0.15) is 4.31 Å². The molecule has 98 valence electrons. The Hall–Kier alpha value is -0.170. The zero-order valence-electron chi connectivity index (χ0n) is 10.5. The number of hydrogen-bond donors (Lipinski definition) is 1. The average Bonchev–Trinajstić information content (AvgIpc) is 2.21. The fourth-order valence-electron chi connectivity index (χ4n) is 1.29. The number of rotatable bonds is 8. The van der Waals surface area contributed by atoms with Gasteiger partial charge in [-0.15, -0.1) is 0 Å². The number of nitrogens with zero attached hydrogens (tertiary/aromatic N) is 1. The minimum absolute atomic E-state index is 0.0235. The number of sulfonamides is 1. The molecule has 0 aliphatic rings. The van der Waals surface area contributed by atoms with Crippen LogP contribution < -0.4 is 0 Å². The summed E-state index contributed by atoms with van der Waals surface area (Å²) in [5, 5.41) is 9.13. The summed E-state index contributed by atoms with van der Waals surface area (Å²) in [5.74, 6) is 0. The number of aliphatic hydroxyl groups is 1. The highest BCUT2D eigenvalue weighted by Gasteiger charge is 2.21. The Morgan fingerprint density at radius 1 is 1.38 bits per heavy atom. The second kappa shape index (κ2) is 7.21. The van der Waals surface area contributed by atoms with Gasteiger partial charge in [0, 0.05) is 13.1 Å². The monoisotopic (exact) mass is 253 g/mol. The topological polar surface area (TPSA) is 66.8 Å². The van der Waals surface area contributed by atoms with Crippen molar-refractivity contribution in [3.63, 3.8) is 0 Å². The lowest BCUT2D eigenvalue weighted by molar-refractivity contribution is -0.0386. The van der Waals surface area contributed by atoms with E-state index in [1.165, 1.54) is 4.31 Å². The van der Waals surface area contributed by atoms with Crippen LogP contribution in [0.4, 0.5) is 0 Å². The number of hydrogen-bond acceptors (Lipinski definition) is 4. The highest BCUT2D eigenvalue weighted by atomic mass is 32.2. The van der Waals surface area contributed by atoms with Crippen molar-refractivity contribution in [3.8, 4) is 0 Å². The minimum atomic E-state index is -3.22. The molecule has 2 atom stereocenters. The van der Waals surface area contributed by atoms with Crippen LogP contribution in [0.3, 0.4) is 0 Å². The van der Waals surface area contributed by atoms with Crippen molar-refractivity contribution < 1.29 is 18.3 Å². The largest absolute Gasteiger partial charge is 0.394 e. The Labute approximate surface area is 98.5 Å². The molecule has 0 spiro atoms. The van der Waals surface area contributed by atoms with Gasteiger partial charge in [0.15, 0.2) is 0 Å². The van der Waals surface area contributed by atoms with E-state index in [9.17, 15) is 8.42 Å². The number of likely N-dealkylation sites (N-methyl/N-ethyl adjacent to an activating group) is 1. The molecule has 0 aliphatic carbocycles. The molecule has 0 unspecified atom stereocenters. The molecule has 0 bridgehead atoms. The molecule has 0 amide bonds. The molecule has 0 heterocycles. The second-order valence-corrected chi connectivity index (χ2v) is 5.86. The number of ether oxygens (including phenoxy) is 1. The highest BCUT2D eigenvalue weighted by molar-refractivity contribution is 7.88. The van der Waals surface area contributed by atoms with E-state index in [4.69, 9.17) is 9.84 Å². The Balaban J connectivity index is 4.40. The molecule has 5 nitrogen and oxygen atoms in total. The Bertz CT molecular complexity index is 279. The van der Waals surface area contributed by atoms with E-state index in [-0.39, 0.29) is 19.3 Å². The van der Waals surface area contributed by atoms with E-state index < -0.39 is 16.1 Å². The van der Waals surface area contributed by atoms with Gasteiger partial charge in [0.2, 0.25) is 10.0 Å². The predicted octanol–water partition coefficient (Wildman–Crippen LogP) is 0.444. The maximum Gasteiger partial charge on any atom is 0.211 e. The molecule has 6 heteroatoms. The quantitative estimate of drug-likeness (QED) is 0.682. The molecule has 0 fully saturated rings. The van der Waals surface area contributed by atoms with Crippen molar-refractivity contribution in [1.29, 1.82) is 0 Å². The van der Waals surface area contributed by atoms with Crippen molar-refractivity contribution >= 4 is 10.0 Å². The molecule has 0 aromatic rings. The third kappa shape index (κ3) is 5.79. The maximum atomic E-state index is 11.4. The van der Waals surface area contributed by atoms with Gasteiger partial charge in [-0.25, -0.2) is 8.42 Å². The van der Waals surface area contributed by atoms with Crippen molar-refractivity contribution in [2.24, 2.45) is 0 Å². The lowest BCUT2D eigenvalue weighted by Crippen LogP contribution is -2.40. The van der Waals surface area contributed by atoms with E-state index in [2.05, 4.69) is 0 Å². The molecule has 0 aromatic heterocycles. The van der Waals surface area contributed by atoms with Crippen molar-refractivity contribution in [2.75, 3.05) is 26.0 Å². The first-order chi connectivity index (χ1) is 7.35. The third-order valence-corrected chi connectivity index (χ3v) is 3.78. The van der Waals surface area contributed by atoms with Crippen molar-refractivity contribution in [1.82, 2.24) is 4.31 Å². The van der Waals surface area contributed by atoms with Crippen LogP contribution in [0, 0.1) is 0 Å². The van der Waals surface area contributed by atoms with Crippen molar-refractivity contribution in [3.05, 3.63) is 0 Å². The predicted molar refractivity (Wildman–Crippen MR) is 63.8 cm³/mol. The summed E-state index contributed by atoms with van der Waals surface area (Å²) < 4.78 is 29.5. The molecule has 0 aromatic carbocycles. The molecular weight excluding hydrogens is 230 g/mol. The molecule has 0 saturated heterocycles. The zero-order valence-corrected chi connectivity index (χ0v) is 11.3. The van der Waals surface area contributed by atoms with Gasteiger partial charge >= 0.3 is 0 Å². The fourth-order valence-corrected chi connectivity index (χ4v) is 2.20. The van der Waals surface area contributed by atoms with Gasteiger partial charge in [-0.05, 0) is 13.3 Å². The molecule has 16 heavy (non-hydrogen) atoms. The molecule has 0 aliphatic heterocycles. The van der Waals surface area contributed by atoms with E-state index >= 15 is 0 Å². The highest BCUT2D eigenvalue weighted by Crippen LogP contribution is 2.06. The molecule has 0 rings (SSSR count). The van der Waals surface area contributed by atoms with Crippen LogP contribution in [-0.2, 0) is 14.8 Å². The van der Waals surface area contributed by atoms with Crippen LogP contribution in [-0.4, -0.2) is 56.0 Å². The Morgan fingerprint density at radius 2 is 1.94 bits per heavy atom. The van der Waals surface area contributed by atoms with E-state index in [1.54, 1.807) is 6.92 Å². The molecule has 0 saturated carbocycles. The third-order valence-electron chi connectivity index (χ3n) is 2.43. The first kappa shape index (κ1) is 15.8. The van der Waals surface area contributed by atoms with Gasteiger partial charge in [0.05, 0.1) is 25.1 Å². The summed E-state index contributed by atoms with van der Waals surface area (Å²) in [7, 11) is -3.22. The first-order valence-electron chi connectivity index (χ1n) is 5.56. The van der Waals surface area contributed by atoms with Crippen LogP contribution >= 0.6 is 0 Å². The van der Waals surface area contributed by atoms with Crippen LogP contribution in [0.25, 0.3) is 0 Å². The normalized spacial score (nSPS) is 16.4. The van der Waals surface area contributed by atoms with Crippen LogP contribution in [0.2, 0.25) is 0 Å². The standard InChI is InChI=1S/C10H23NO4S/c1-5-9(3)15-10(8-12)7-11(6-2)16(4,13)14/h9-10,12H,5-8H2,1-4H3/t9-,10-/m0/s1. The maximum absolute atomic E-state index is 11.4. The van der Waals surface area contributed by atoms with Crippen LogP contribution in [0.1, 0.15) is 27.2 Å². The number of aliphatic hydroxyl groups excluding tert-OH is 1. The minimum Gasteiger partial charge on any atom is -0.394 e. The van der Waals surface area contributed by atoms with Gasteiger partial charge < -0.3 is 9.84 Å². The van der Waals surface area contributed by atoms with Gasteiger partial charge in [-0.3, -0.25) is 0 Å². The lowest BCUT2D eigenvalue weighted by Gasteiger charge is -2.25. The van der Waals surface area contributed by atoms with Crippen LogP contribution in [0.5, 0.6) is 0 Å². The summed E-state index contributed by atoms with van der Waals surface area (Å²) >= 11 is 0. The summed E-state index contributed by atoms with van der Waals surface area (Å²) in [4.78, 5) is 0. The fraction of sp³-hybridized carbons (Fsp3) is 1.00. The zero-order chi connectivity index (χ0) is 12.8. The lowest BCUT2D eigenvalue weighted by atomic mass is 10.3. The van der Waals surface area contributed by atoms with E-state index in [1.807, 2.05) is 13.8 Å². The first-order valence-corrected chi connectivity index (χ1v) is 7.41. The van der Waals surface area contributed by atoms with E-state index in [0.717, 1.165) is 12.7 Å². The average molecular weight is 253 g/mol. The summed E-state index contributed by atoms with van der Waals surface area (Å²) in [6.45, 7) is 6.07.